The molecule has 0 radical (unpaired) electrons. The summed E-state index contributed by atoms with van der Waals surface area (Å²) in [7, 11) is 0. The predicted molar refractivity (Wildman–Crippen MR) is 126 cm³/mol. The minimum Gasteiger partial charge on any atom is -0.389 e. The van der Waals surface area contributed by atoms with Crippen LogP contribution in [0.1, 0.15) is 29.6 Å². The van der Waals surface area contributed by atoms with Gasteiger partial charge in [0.25, 0.3) is 0 Å². The van der Waals surface area contributed by atoms with Gasteiger partial charge in [-0.15, -0.1) is 11.3 Å². The lowest BCUT2D eigenvalue weighted by molar-refractivity contribution is -0.309. The van der Waals surface area contributed by atoms with E-state index in [0.717, 1.165) is 21.5 Å². The van der Waals surface area contributed by atoms with E-state index in [1.807, 2.05) is 48.5 Å². The molecule has 12 heteroatoms. The van der Waals surface area contributed by atoms with Crippen LogP contribution >= 0.6 is 11.3 Å². The van der Waals surface area contributed by atoms with E-state index in [9.17, 15) is 10.6 Å². The van der Waals surface area contributed by atoms with Crippen LogP contribution in [0.15, 0.2) is 59.2 Å². The molecule has 4 heterocycles. The third-order valence-electron chi connectivity index (χ3n) is 6.19. The maximum absolute atomic E-state index is 11.3. The average molecular weight is 492 g/mol. The number of fused-ring (bicyclic) bond motifs is 2. The molecule has 0 saturated carbocycles. The summed E-state index contributed by atoms with van der Waals surface area (Å²) in [6.07, 6.45) is -4.05. The van der Waals surface area contributed by atoms with Gasteiger partial charge in [-0.1, -0.05) is 35.4 Å². The molecular weight excluding hydrogens is 470 g/mol. The fourth-order valence-corrected chi connectivity index (χ4v) is 5.29. The Kier molecular flexibility index (Phi) is 5.69. The summed E-state index contributed by atoms with van der Waals surface area (Å²) in [5.74, 6) is 0.920. The van der Waals surface area contributed by atoms with Gasteiger partial charge in [0, 0.05) is 10.5 Å². The molecule has 2 aromatic heterocycles. The summed E-state index contributed by atoms with van der Waals surface area (Å²) >= 11 is 1.52. The number of nitrogens with zero attached hydrogens (tertiary/aromatic N) is 7. The van der Waals surface area contributed by atoms with Crippen molar-refractivity contribution in [3.05, 3.63) is 81.7 Å². The molecule has 6 atom stereocenters. The molecule has 2 aliphatic heterocycles. The van der Waals surface area contributed by atoms with Crippen LogP contribution in [0.4, 0.5) is 0 Å². The zero-order valence-corrected chi connectivity index (χ0v) is 19.4. The molecule has 0 bridgehead atoms. The topological polar surface area (TPSA) is 140 Å². The molecule has 4 aromatic rings. The molecule has 6 rings (SSSR count). The van der Waals surface area contributed by atoms with Crippen molar-refractivity contribution in [1.82, 2.24) is 19.7 Å². The van der Waals surface area contributed by atoms with Gasteiger partial charge in [0.2, 0.25) is 0 Å². The molecule has 4 unspecified atom stereocenters. The highest BCUT2D eigenvalue weighted by Gasteiger charge is 2.51. The van der Waals surface area contributed by atoms with Crippen molar-refractivity contribution >= 4 is 21.6 Å². The van der Waals surface area contributed by atoms with Gasteiger partial charge >= 0.3 is 0 Å². The molecule has 2 saturated heterocycles. The first kappa shape index (κ1) is 22.1. The first-order valence-electron chi connectivity index (χ1n) is 11.1. The van der Waals surface area contributed by atoms with Crippen LogP contribution in [0.25, 0.3) is 26.3 Å². The quantitative estimate of drug-likeness (QED) is 0.260. The van der Waals surface area contributed by atoms with E-state index in [1.54, 1.807) is 17.1 Å². The third-order valence-corrected chi connectivity index (χ3v) is 6.98. The minimum absolute atomic E-state index is 0.199. The van der Waals surface area contributed by atoms with Crippen LogP contribution in [0.5, 0.6) is 0 Å². The van der Waals surface area contributed by atoms with Gasteiger partial charge in [0.15, 0.2) is 12.1 Å². The average Bonchev–Trinajstić information content (AvgIpc) is 3.51. The molecule has 2 fully saturated rings. The van der Waals surface area contributed by atoms with Crippen molar-refractivity contribution in [3.8, 4) is 5.69 Å². The minimum atomic E-state index is -1.21. The predicted octanol–water partition coefficient (Wildman–Crippen LogP) is 3.78. The monoisotopic (exact) mass is 491 g/mol. The number of rotatable bonds is 4. The number of azide groups is 1. The van der Waals surface area contributed by atoms with E-state index in [0.29, 0.717) is 11.6 Å². The number of aliphatic hydroxyl groups excluding tert-OH is 1. The second-order valence-corrected chi connectivity index (χ2v) is 9.28. The number of aryl methyl sites for hydroxylation is 1. The van der Waals surface area contributed by atoms with E-state index in [2.05, 4.69) is 25.1 Å². The van der Waals surface area contributed by atoms with Crippen molar-refractivity contribution < 1.29 is 19.3 Å². The van der Waals surface area contributed by atoms with Gasteiger partial charge in [0.05, 0.1) is 40.2 Å². The smallest absolute Gasteiger partial charge is 0.184 e. The number of benzene rings is 2. The Labute approximate surface area is 203 Å². The van der Waals surface area contributed by atoms with Crippen molar-refractivity contribution in [3.63, 3.8) is 0 Å². The Morgan fingerprint density at radius 1 is 1.20 bits per heavy atom. The Hall–Kier alpha value is -3.38. The maximum atomic E-state index is 11.3. The van der Waals surface area contributed by atoms with Crippen molar-refractivity contribution in [2.45, 2.75) is 43.7 Å². The van der Waals surface area contributed by atoms with E-state index in [1.165, 1.54) is 11.3 Å². The fourth-order valence-electron chi connectivity index (χ4n) is 4.58. The zero-order valence-electron chi connectivity index (χ0n) is 18.6. The lowest BCUT2D eigenvalue weighted by atomic mass is 9.91. The lowest BCUT2D eigenvalue weighted by Crippen LogP contribution is -2.58. The van der Waals surface area contributed by atoms with Crippen molar-refractivity contribution in [1.29, 1.82) is 0 Å². The second-order valence-electron chi connectivity index (χ2n) is 8.39. The first-order valence-corrected chi connectivity index (χ1v) is 12.0. The van der Waals surface area contributed by atoms with Crippen LogP contribution in [-0.2, 0) is 14.2 Å². The number of thiazole rings is 1. The largest absolute Gasteiger partial charge is 0.389 e. The van der Waals surface area contributed by atoms with Gasteiger partial charge in [-0.25, -0.2) is 14.6 Å². The summed E-state index contributed by atoms with van der Waals surface area (Å²) < 4.78 is 21.0. The molecule has 35 heavy (non-hydrogen) atoms. The summed E-state index contributed by atoms with van der Waals surface area (Å²) in [5.41, 5.74) is 13.5. The third kappa shape index (κ3) is 3.96. The molecule has 0 spiro atoms. The molecule has 0 aliphatic carbocycles. The fraction of sp³-hybridized carbons (Fsp3) is 0.348. The SMILES string of the molecule is Cc1nc([C@@H]2OC3COC(c4ccccc4)O[C@@H]3C(N=[N+]=[N-])C2O)n(-c2ccc3ncsc3c2)n1. The van der Waals surface area contributed by atoms with Gasteiger partial charge in [-0.2, -0.15) is 5.10 Å². The number of ether oxygens (including phenoxy) is 3. The summed E-state index contributed by atoms with van der Waals surface area (Å²) in [6, 6.07) is 14.3. The van der Waals surface area contributed by atoms with Crippen molar-refractivity contribution in [2.75, 3.05) is 6.61 Å². The summed E-state index contributed by atoms with van der Waals surface area (Å²) in [4.78, 5) is 11.9. The molecule has 2 aromatic carbocycles. The van der Waals surface area contributed by atoms with Gasteiger partial charge in [-0.3, -0.25) is 0 Å². The Morgan fingerprint density at radius 2 is 2.06 bits per heavy atom. The number of aromatic nitrogens is 4. The standard InChI is InChI=1S/C23H21N7O4S/c1-12-26-22(30(28-12)14-7-8-15-17(9-14)35-11-25-15)21-19(31)18(27-29-24)20-16(33-21)10-32-23(34-20)13-5-3-2-4-6-13/h2-9,11,16,18-21,23,31H,10H2,1H3/t16?,18?,19?,20-,21+,23?/m0/s1. The van der Waals surface area contributed by atoms with Crippen LogP contribution in [0, 0.1) is 6.92 Å². The van der Waals surface area contributed by atoms with Gasteiger partial charge in [0.1, 0.15) is 24.1 Å². The normalized spacial score (nSPS) is 28.4. The van der Waals surface area contributed by atoms with Gasteiger partial charge in [-0.05, 0) is 30.7 Å². The second kappa shape index (κ2) is 9.00. The Balaban J connectivity index is 1.34. The highest BCUT2D eigenvalue weighted by atomic mass is 32.1. The number of aliphatic hydroxyl groups is 1. The van der Waals surface area contributed by atoms with Crippen LogP contribution in [-0.4, -0.2) is 55.8 Å². The molecule has 1 N–H and O–H groups in total. The molecular formula is C23H21N7O4S. The summed E-state index contributed by atoms with van der Waals surface area (Å²) in [5, 5.41) is 19.8. The highest BCUT2D eigenvalue weighted by molar-refractivity contribution is 7.16. The van der Waals surface area contributed by atoms with E-state index in [-0.39, 0.29) is 6.61 Å². The lowest BCUT2D eigenvalue weighted by Gasteiger charge is -2.46. The van der Waals surface area contributed by atoms with Gasteiger partial charge < -0.3 is 19.3 Å². The van der Waals surface area contributed by atoms with Crippen LogP contribution in [0.3, 0.4) is 0 Å². The Bertz CT molecular complexity index is 1400. The molecule has 178 valence electrons. The van der Waals surface area contributed by atoms with E-state index in [4.69, 9.17) is 14.2 Å². The number of hydrogen-bond donors (Lipinski definition) is 1. The molecule has 11 nitrogen and oxygen atoms in total. The van der Waals surface area contributed by atoms with Crippen molar-refractivity contribution in [2.24, 2.45) is 5.11 Å². The first-order chi connectivity index (χ1) is 17.1. The van der Waals surface area contributed by atoms with Crippen LogP contribution < -0.4 is 0 Å². The zero-order chi connectivity index (χ0) is 23.9. The maximum Gasteiger partial charge on any atom is 0.184 e. The highest BCUT2D eigenvalue weighted by Crippen LogP contribution is 2.40. The molecule has 0 amide bonds. The molecule has 2 aliphatic rings. The summed E-state index contributed by atoms with van der Waals surface area (Å²) in [6.45, 7) is 1.97. The van der Waals surface area contributed by atoms with Crippen LogP contribution in [0.2, 0.25) is 0 Å². The number of hydrogen-bond acceptors (Lipinski definition) is 9. The Morgan fingerprint density at radius 3 is 2.89 bits per heavy atom. The van der Waals surface area contributed by atoms with E-state index >= 15 is 0 Å². The van der Waals surface area contributed by atoms with E-state index < -0.39 is 36.7 Å².